The normalized spacial score (nSPS) is 15.1. The number of fused-ring (bicyclic) bond motifs is 1. The van der Waals surface area contributed by atoms with E-state index in [1.807, 2.05) is 38.1 Å². The van der Waals surface area contributed by atoms with E-state index in [1.54, 1.807) is 32.4 Å². The molecule has 3 N–H and O–H groups in total. The molecule has 0 bridgehead atoms. The van der Waals surface area contributed by atoms with E-state index in [0.29, 0.717) is 40.6 Å². The average molecular weight is 412 g/mol. The lowest BCUT2D eigenvalue weighted by atomic mass is 10.0. The highest BCUT2D eigenvalue weighted by Gasteiger charge is 2.28. The van der Waals surface area contributed by atoms with Gasteiger partial charge in [-0.1, -0.05) is 26.0 Å². The van der Waals surface area contributed by atoms with Crippen molar-refractivity contribution in [3.63, 3.8) is 0 Å². The van der Waals surface area contributed by atoms with Gasteiger partial charge in [0.05, 0.1) is 31.0 Å². The molecule has 2 aromatic carbocycles. The monoisotopic (exact) mass is 412 g/mol. The number of hydrogen-bond acceptors (Lipinski definition) is 6. The number of anilines is 1. The summed E-state index contributed by atoms with van der Waals surface area (Å²) in [5.74, 6) is 1.53. The van der Waals surface area contributed by atoms with Crippen LogP contribution in [0.5, 0.6) is 17.2 Å². The van der Waals surface area contributed by atoms with Gasteiger partial charge in [-0.15, -0.1) is 0 Å². The molecule has 30 heavy (non-hydrogen) atoms. The highest BCUT2D eigenvalue weighted by atomic mass is 16.5. The summed E-state index contributed by atoms with van der Waals surface area (Å²) < 4.78 is 16.5. The van der Waals surface area contributed by atoms with Crippen LogP contribution in [0.2, 0.25) is 0 Å². The molecule has 1 amide bonds. The molecule has 1 aliphatic heterocycles. The van der Waals surface area contributed by atoms with Crippen molar-refractivity contribution >= 4 is 23.2 Å². The Balaban J connectivity index is 1.87. The Labute approximate surface area is 176 Å². The first kappa shape index (κ1) is 21.7. The van der Waals surface area contributed by atoms with Gasteiger partial charge in [-0.2, -0.15) is 0 Å². The lowest BCUT2D eigenvalue weighted by molar-refractivity contribution is -0.110. The zero-order valence-electron chi connectivity index (χ0n) is 17.7. The van der Waals surface area contributed by atoms with Crippen LogP contribution in [0.1, 0.15) is 25.0 Å². The number of amides is 1. The summed E-state index contributed by atoms with van der Waals surface area (Å²) in [6.45, 7) is 4.58. The van der Waals surface area contributed by atoms with E-state index < -0.39 is 6.10 Å². The van der Waals surface area contributed by atoms with E-state index in [2.05, 4.69) is 10.6 Å². The van der Waals surface area contributed by atoms with Crippen LogP contribution in [0.25, 0.3) is 11.6 Å². The molecule has 3 rings (SSSR count). The molecule has 1 heterocycles. The Bertz CT molecular complexity index is 939. The van der Waals surface area contributed by atoms with E-state index >= 15 is 0 Å². The summed E-state index contributed by atoms with van der Waals surface area (Å²) in [7, 11) is 3.14. The zero-order valence-corrected chi connectivity index (χ0v) is 17.7. The molecule has 0 saturated carbocycles. The number of aliphatic hydroxyl groups excluding tert-OH is 1. The third-order valence-corrected chi connectivity index (χ3v) is 4.70. The number of carbonyl (C=O) groups is 1. The molecule has 1 aliphatic rings. The van der Waals surface area contributed by atoms with Crippen LogP contribution in [-0.4, -0.2) is 50.5 Å². The van der Waals surface area contributed by atoms with E-state index in [1.165, 1.54) is 0 Å². The molecule has 160 valence electrons. The number of carbonyl (C=O) groups excluding carboxylic acids is 1. The fourth-order valence-corrected chi connectivity index (χ4v) is 3.20. The lowest BCUT2D eigenvalue weighted by Gasteiger charge is -2.16. The minimum absolute atomic E-state index is 0.119. The van der Waals surface area contributed by atoms with Crippen LogP contribution >= 0.6 is 0 Å². The average Bonchev–Trinajstić information content (AvgIpc) is 3.06. The van der Waals surface area contributed by atoms with Crippen LogP contribution in [0.4, 0.5) is 5.69 Å². The summed E-state index contributed by atoms with van der Waals surface area (Å²) >= 11 is 0. The first-order chi connectivity index (χ1) is 14.4. The van der Waals surface area contributed by atoms with Gasteiger partial charge >= 0.3 is 0 Å². The number of methoxy groups -OCH3 is 2. The minimum Gasteiger partial charge on any atom is -0.493 e. The van der Waals surface area contributed by atoms with Gasteiger partial charge < -0.3 is 30.0 Å². The second-order valence-corrected chi connectivity index (χ2v) is 7.33. The Morgan fingerprint density at radius 3 is 2.57 bits per heavy atom. The largest absolute Gasteiger partial charge is 0.493 e. The molecule has 2 aromatic rings. The second-order valence-electron chi connectivity index (χ2n) is 7.33. The van der Waals surface area contributed by atoms with Crippen molar-refractivity contribution in [3.05, 3.63) is 47.5 Å². The van der Waals surface area contributed by atoms with E-state index in [9.17, 15) is 9.90 Å². The number of ether oxygens (including phenoxy) is 3. The van der Waals surface area contributed by atoms with Crippen molar-refractivity contribution in [1.82, 2.24) is 5.32 Å². The molecular formula is C23H28N2O5. The van der Waals surface area contributed by atoms with Gasteiger partial charge in [-0.3, -0.25) is 4.79 Å². The Morgan fingerprint density at radius 1 is 1.10 bits per heavy atom. The summed E-state index contributed by atoms with van der Waals surface area (Å²) in [5, 5.41) is 16.2. The first-order valence-electron chi connectivity index (χ1n) is 9.85. The Kier molecular flexibility index (Phi) is 6.97. The number of hydrogen-bond donors (Lipinski definition) is 3. The highest BCUT2D eigenvalue weighted by molar-refractivity contribution is 6.35. The molecule has 1 atom stereocenters. The van der Waals surface area contributed by atoms with Crippen LogP contribution in [0.15, 0.2) is 36.4 Å². The molecule has 7 nitrogen and oxygen atoms in total. The van der Waals surface area contributed by atoms with Crippen LogP contribution < -0.4 is 24.8 Å². The molecule has 0 fully saturated rings. The molecule has 0 aromatic heterocycles. The van der Waals surface area contributed by atoms with E-state index in [-0.39, 0.29) is 18.6 Å². The predicted molar refractivity (Wildman–Crippen MR) is 117 cm³/mol. The van der Waals surface area contributed by atoms with Gasteiger partial charge in [0.2, 0.25) is 0 Å². The summed E-state index contributed by atoms with van der Waals surface area (Å²) in [4.78, 5) is 12.6. The SMILES string of the molecule is COc1ccc(C=C2C(=O)Nc3cccc(OCC(O)CNC(C)C)c32)cc1OC. The van der Waals surface area contributed by atoms with Gasteiger partial charge in [-0.05, 0) is 35.9 Å². The van der Waals surface area contributed by atoms with Crippen molar-refractivity contribution in [1.29, 1.82) is 0 Å². The Hall–Kier alpha value is -3.03. The predicted octanol–water partition coefficient (Wildman–Crippen LogP) is 2.93. The smallest absolute Gasteiger partial charge is 0.256 e. The lowest BCUT2D eigenvalue weighted by Crippen LogP contribution is -2.35. The maximum atomic E-state index is 12.6. The minimum atomic E-state index is -0.661. The van der Waals surface area contributed by atoms with Gasteiger partial charge in [-0.25, -0.2) is 0 Å². The number of nitrogens with one attached hydrogen (secondary N) is 2. The van der Waals surface area contributed by atoms with Gasteiger partial charge in [0.1, 0.15) is 18.5 Å². The molecule has 0 radical (unpaired) electrons. The number of benzene rings is 2. The third kappa shape index (κ3) is 4.93. The summed E-state index contributed by atoms with van der Waals surface area (Å²) in [6, 6.07) is 11.2. The van der Waals surface area contributed by atoms with Crippen molar-refractivity contribution in [2.45, 2.75) is 26.0 Å². The van der Waals surface area contributed by atoms with Crippen LogP contribution in [0.3, 0.4) is 0 Å². The number of aliphatic hydroxyl groups is 1. The van der Waals surface area contributed by atoms with Crippen LogP contribution in [0, 0.1) is 0 Å². The zero-order chi connectivity index (χ0) is 21.7. The molecular weight excluding hydrogens is 384 g/mol. The second kappa shape index (κ2) is 9.65. The van der Waals surface area contributed by atoms with Crippen molar-refractivity contribution in [2.75, 3.05) is 32.7 Å². The quantitative estimate of drug-likeness (QED) is 0.549. The third-order valence-electron chi connectivity index (χ3n) is 4.70. The fourth-order valence-electron chi connectivity index (χ4n) is 3.20. The molecule has 0 aliphatic carbocycles. The van der Waals surface area contributed by atoms with Crippen molar-refractivity contribution < 1.29 is 24.1 Å². The van der Waals surface area contributed by atoms with Crippen LogP contribution in [-0.2, 0) is 4.79 Å². The fraction of sp³-hybridized carbons (Fsp3) is 0.348. The first-order valence-corrected chi connectivity index (χ1v) is 9.85. The number of rotatable bonds is 9. The maximum absolute atomic E-state index is 12.6. The summed E-state index contributed by atoms with van der Waals surface area (Å²) in [6.07, 6.45) is 1.12. The van der Waals surface area contributed by atoms with Crippen molar-refractivity contribution in [2.24, 2.45) is 0 Å². The summed E-state index contributed by atoms with van der Waals surface area (Å²) in [5.41, 5.74) is 2.64. The molecule has 0 spiro atoms. The van der Waals surface area contributed by atoms with Gasteiger partial charge in [0.15, 0.2) is 11.5 Å². The Morgan fingerprint density at radius 2 is 1.87 bits per heavy atom. The maximum Gasteiger partial charge on any atom is 0.256 e. The molecule has 0 saturated heterocycles. The van der Waals surface area contributed by atoms with Gasteiger partial charge in [0, 0.05) is 12.6 Å². The topological polar surface area (TPSA) is 89.1 Å². The van der Waals surface area contributed by atoms with E-state index in [0.717, 1.165) is 5.56 Å². The molecule has 1 unspecified atom stereocenters. The van der Waals surface area contributed by atoms with E-state index in [4.69, 9.17) is 14.2 Å². The standard InChI is InChI=1S/C23H28N2O5/c1-14(2)24-12-16(26)13-30-20-7-5-6-18-22(20)17(23(27)25-18)10-15-8-9-19(28-3)21(11-15)29-4/h5-11,14,16,24,26H,12-13H2,1-4H3,(H,25,27). The van der Waals surface area contributed by atoms with Crippen molar-refractivity contribution in [3.8, 4) is 17.2 Å². The van der Waals surface area contributed by atoms with Gasteiger partial charge in [0.25, 0.3) is 5.91 Å². The molecule has 7 heteroatoms. The highest BCUT2D eigenvalue weighted by Crippen LogP contribution is 2.40.